The van der Waals surface area contributed by atoms with E-state index in [1.807, 2.05) is 54.6 Å². The van der Waals surface area contributed by atoms with Crippen LogP contribution in [0.2, 0.25) is 0 Å². The zero-order chi connectivity index (χ0) is 23.4. The molecule has 4 rings (SSSR count). The molecular formula is C25H23N3O5. The number of hydrogen-bond acceptors (Lipinski definition) is 6. The third-order valence-corrected chi connectivity index (χ3v) is 5.25. The number of carbonyl (C=O) groups excluding carboxylic acids is 1. The summed E-state index contributed by atoms with van der Waals surface area (Å²) >= 11 is 0. The van der Waals surface area contributed by atoms with Gasteiger partial charge in [0, 0.05) is 5.39 Å². The van der Waals surface area contributed by atoms with Gasteiger partial charge in [-0.1, -0.05) is 48.5 Å². The fourth-order valence-corrected chi connectivity index (χ4v) is 3.65. The molecule has 4 aromatic rings. The second-order valence-electron chi connectivity index (χ2n) is 7.18. The van der Waals surface area contributed by atoms with Crippen LogP contribution in [-0.2, 0) is 6.54 Å². The number of rotatable bonds is 7. The summed E-state index contributed by atoms with van der Waals surface area (Å²) in [5, 5.41) is 19.6. The van der Waals surface area contributed by atoms with Crippen LogP contribution in [0.4, 0.5) is 5.69 Å². The van der Waals surface area contributed by atoms with Crippen LogP contribution in [0.3, 0.4) is 0 Å². The van der Waals surface area contributed by atoms with Gasteiger partial charge in [-0.15, -0.1) is 10.2 Å². The molecule has 0 saturated carbocycles. The summed E-state index contributed by atoms with van der Waals surface area (Å²) in [6, 6.07) is 20.2. The monoisotopic (exact) mass is 445 g/mol. The van der Waals surface area contributed by atoms with Crippen LogP contribution in [0, 0.1) is 0 Å². The first-order valence-corrected chi connectivity index (χ1v) is 10.2. The summed E-state index contributed by atoms with van der Waals surface area (Å²) in [7, 11) is 4.41. The molecule has 0 aliphatic rings. The van der Waals surface area contributed by atoms with Gasteiger partial charge in [-0.2, -0.15) is 0 Å². The van der Waals surface area contributed by atoms with Gasteiger partial charge in [-0.05, 0) is 23.8 Å². The predicted molar refractivity (Wildman–Crippen MR) is 124 cm³/mol. The average molecular weight is 445 g/mol. The Morgan fingerprint density at radius 3 is 2.18 bits per heavy atom. The molecule has 0 spiro atoms. The molecule has 1 amide bonds. The highest BCUT2D eigenvalue weighted by Crippen LogP contribution is 2.40. The van der Waals surface area contributed by atoms with E-state index in [0.29, 0.717) is 29.2 Å². The fourth-order valence-electron chi connectivity index (χ4n) is 3.65. The maximum Gasteiger partial charge on any atom is 0.295 e. The van der Waals surface area contributed by atoms with Crippen LogP contribution >= 0.6 is 0 Å². The smallest absolute Gasteiger partial charge is 0.295 e. The Bertz CT molecular complexity index is 1300. The van der Waals surface area contributed by atoms with Crippen LogP contribution in [-0.4, -0.2) is 36.9 Å². The number of hydrogen-bond donors (Lipinski definition) is 1. The lowest BCUT2D eigenvalue weighted by atomic mass is 10.1. The van der Waals surface area contributed by atoms with Crippen molar-refractivity contribution < 1.29 is 24.1 Å². The van der Waals surface area contributed by atoms with Crippen LogP contribution in [0.5, 0.6) is 23.1 Å². The Kier molecular flexibility index (Phi) is 6.26. The summed E-state index contributed by atoms with van der Waals surface area (Å²) in [5.41, 5.74) is 2.24. The van der Waals surface area contributed by atoms with E-state index in [9.17, 15) is 9.90 Å². The zero-order valence-electron chi connectivity index (χ0n) is 18.5. The third-order valence-electron chi connectivity index (χ3n) is 5.25. The molecule has 0 saturated heterocycles. The Morgan fingerprint density at radius 1 is 0.909 bits per heavy atom. The zero-order valence-corrected chi connectivity index (χ0v) is 18.5. The number of aromatic hydroxyl groups is 1. The van der Waals surface area contributed by atoms with E-state index >= 15 is 0 Å². The first kappa shape index (κ1) is 21.9. The molecule has 8 heteroatoms. The van der Waals surface area contributed by atoms with Gasteiger partial charge in [-0.25, -0.2) is 0 Å². The second kappa shape index (κ2) is 9.44. The molecule has 1 heterocycles. The molecule has 168 valence electrons. The molecule has 8 nitrogen and oxygen atoms in total. The molecule has 1 aromatic heterocycles. The van der Waals surface area contributed by atoms with Crippen molar-refractivity contribution in [1.29, 1.82) is 0 Å². The summed E-state index contributed by atoms with van der Waals surface area (Å²) in [4.78, 5) is 12.8. The topological polar surface area (TPSA) is 94.6 Å². The Morgan fingerprint density at radius 2 is 1.55 bits per heavy atom. The van der Waals surface area contributed by atoms with E-state index < -0.39 is 5.91 Å². The van der Waals surface area contributed by atoms with Crippen molar-refractivity contribution in [2.45, 2.75) is 6.54 Å². The third kappa shape index (κ3) is 4.23. The molecule has 0 atom stereocenters. The molecule has 33 heavy (non-hydrogen) atoms. The van der Waals surface area contributed by atoms with Gasteiger partial charge in [0.25, 0.3) is 5.91 Å². The van der Waals surface area contributed by atoms with Crippen LogP contribution in [0.15, 0.2) is 77.0 Å². The Labute approximate surface area is 190 Å². The molecule has 0 radical (unpaired) electrons. The minimum absolute atomic E-state index is 0.0681. The lowest BCUT2D eigenvalue weighted by Gasteiger charge is -2.12. The van der Waals surface area contributed by atoms with Gasteiger partial charge in [-0.3, -0.25) is 4.79 Å². The largest absolute Gasteiger partial charge is 0.493 e. The predicted octanol–water partition coefficient (Wildman–Crippen LogP) is 5.35. The normalized spacial score (nSPS) is 11.1. The standard InChI is InChI=1S/C25H23N3O5/c1-31-20-13-17(14-21(32-2)23(20)33-3)24(29)27-26-22-18-11-7-8-12-19(18)28(25(22)30)15-16-9-5-4-6-10-16/h4-14,30H,15H2,1-3H3. The number of methoxy groups -OCH3 is 3. The van der Waals surface area contributed by atoms with Crippen LogP contribution in [0.25, 0.3) is 10.9 Å². The van der Waals surface area contributed by atoms with E-state index in [1.54, 1.807) is 4.57 Å². The lowest BCUT2D eigenvalue weighted by Crippen LogP contribution is -2.00. The molecule has 3 aromatic carbocycles. The highest BCUT2D eigenvalue weighted by molar-refractivity contribution is 5.98. The molecule has 0 fully saturated rings. The second-order valence-corrected chi connectivity index (χ2v) is 7.18. The van der Waals surface area contributed by atoms with Crippen molar-refractivity contribution in [3.63, 3.8) is 0 Å². The Balaban J connectivity index is 1.72. The molecular weight excluding hydrogens is 422 g/mol. The van der Waals surface area contributed by atoms with E-state index in [1.165, 1.54) is 33.5 Å². The van der Waals surface area contributed by atoms with Crippen molar-refractivity contribution in [3.05, 3.63) is 77.9 Å². The highest BCUT2D eigenvalue weighted by Gasteiger charge is 2.19. The number of amides is 1. The van der Waals surface area contributed by atoms with E-state index in [4.69, 9.17) is 14.2 Å². The summed E-state index contributed by atoms with van der Waals surface area (Å²) < 4.78 is 17.6. The van der Waals surface area contributed by atoms with E-state index in [-0.39, 0.29) is 17.1 Å². The van der Waals surface area contributed by atoms with Crippen molar-refractivity contribution >= 4 is 22.5 Å². The lowest BCUT2D eigenvalue weighted by molar-refractivity contribution is 0.0994. The molecule has 0 aliphatic carbocycles. The van der Waals surface area contributed by atoms with Gasteiger partial charge >= 0.3 is 0 Å². The molecule has 0 aliphatic heterocycles. The highest BCUT2D eigenvalue weighted by atomic mass is 16.5. The van der Waals surface area contributed by atoms with Gasteiger partial charge in [0.2, 0.25) is 11.6 Å². The number of aromatic nitrogens is 1. The van der Waals surface area contributed by atoms with Gasteiger partial charge in [0.1, 0.15) is 0 Å². The first-order chi connectivity index (χ1) is 16.1. The molecule has 0 unspecified atom stereocenters. The van der Waals surface area contributed by atoms with Crippen molar-refractivity contribution in [1.82, 2.24) is 4.57 Å². The minimum Gasteiger partial charge on any atom is -0.493 e. The summed E-state index contributed by atoms with van der Waals surface area (Å²) in [6.07, 6.45) is 0. The Hall–Kier alpha value is -4.33. The van der Waals surface area contributed by atoms with Crippen LogP contribution in [0.1, 0.15) is 15.9 Å². The maximum absolute atomic E-state index is 12.8. The number of nitrogens with zero attached hydrogens (tertiary/aromatic N) is 3. The number of carbonyl (C=O) groups is 1. The summed E-state index contributed by atoms with van der Waals surface area (Å²) in [5.74, 6) is 0.348. The quantitative estimate of drug-likeness (QED) is 0.387. The van der Waals surface area contributed by atoms with E-state index in [2.05, 4.69) is 10.2 Å². The number of benzene rings is 3. The molecule has 0 bridgehead atoms. The summed E-state index contributed by atoms with van der Waals surface area (Å²) in [6.45, 7) is 0.448. The van der Waals surface area contributed by atoms with Gasteiger partial charge < -0.3 is 23.9 Å². The SMILES string of the molecule is COc1cc(C(=O)N=Nc2c(O)n(Cc3ccccc3)c3ccccc23)cc(OC)c1OC. The number of para-hydroxylation sites is 1. The number of ether oxygens (including phenoxy) is 3. The first-order valence-electron chi connectivity index (χ1n) is 10.2. The average Bonchev–Trinajstić information content (AvgIpc) is 3.12. The van der Waals surface area contributed by atoms with Gasteiger partial charge in [0.05, 0.1) is 39.0 Å². The van der Waals surface area contributed by atoms with Crippen molar-refractivity contribution in [2.75, 3.05) is 21.3 Å². The van der Waals surface area contributed by atoms with Crippen molar-refractivity contribution in [3.8, 4) is 23.1 Å². The number of azo groups is 1. The van der Waals surface area contributed by atoms with Gasteiger partial charge in [0.15, 0.2) is 17.2 Å². The van der Waals surface area contributed by atoms with Crippen LogP contribution < -0.4 is 14.2 Å². The van der Waals surface area contributed by atoms with E-state index in [0.717, 1.165) is 11.1 Å². The fraction of sp³-hybridized carbons (Fsp3) is 0.160. The van der Waals surface area contributed by atoms with Crippen molar-refractivity contribution in [2.24, 2.45) is 10.2 Å². The number of fused-ring (bicyclic) bond motifs is 1. The maximum atomic E-state index is 12.8. The minimum atomic E-state index is -0.617. The molecule has 1 N–H and O–H groups in total.